The van der Waals surface area contributed by atoms with E-state index in [0.29, 0.717) is 24.8 Å². The summed E-state index contributed by atoms with van der Waals surface area (Å²) in [6.07, 6.45) is 6.14. The van der Waals surface area contributed by atoms with Crippen molar-refractivity contribution in [1.29, 1.82) is 0 Å². The molecule has 0 radical (unpaired) electrons. The van der Waals surface area contributed by atoms with Crippen LogP contribution in [0, 0.1) is 12.3 Å². The quantitative estimate of drug-likeness (QED) is 0.838. The van der Waals surface area contributed by atoms with Gasteiger partial charge in [-0.05, 0) is 38.0 Å². The predicted octanol–water partition coefficient (Wildman–Crippen LogP) is 3.01. The van der Waals surface area contributed by atoms with Crippen LogP contribution in [-0.4, -0.2) is 29.6 Å². The van der Waals surface area contributed by atoms with Gasteiger partial charge in [0, 0.05) is 31.1 Å². The van der Waals surface area contributed by atoms with Gasteiger partial charge in [-0.15, -0.1) is 0 Å². The van der Waals surface area contributed by atoms with Crippen LogP contribution in [0.1, 0.15) is 30.5 Å². The van der Waals surface area contributed by atoms with Crippen molar-refractivity contribution in [3.8, 4) is 11.6 Å². The Morgan fingerprint density at radius 3 is 2.76 bits per heavy atom. The number of hydrogen-bond donors (Lipinski definition) is 1. The number of carbonyl (C=O) groups excluding carboxylic acids is 1. The van der Waals surface area contributed by atoms with Gasteiger partial charge in [0.05, 0.1) is 18.2 Å². The van der Waals surface area contributed by atoms with Gasteiger partial charge in [0.25, 0.3) is 0 Å². The second-order valence-corrected chi connectivity index (χ2v) is 6.45. The van der Waals surface area contributed by atoms with E-state index >= 15 is 0 Å². The molecule has 2 aromatic rings. The topological polar surface area (TPSA) is 73.3 Å². The van der Waals surface area contributed by atoms with Crippen molar-refractivity contribution < 1.29 is 14.3 Å². The summed E-state index contributed by atoms with van der Waals surface area (Å²) < 4.78 is 11.1. The van der Waals surface area contributed by atoms with Crippen molar-refractivity contribution in [2.24, 2.45) is 5.41 Å². The van der Waals surface area contributed by atoms with E-state index in [0.717, 1.165) is 30.5 Å². The van der Waals surface area contributed by atoms with Gasteiger partial charge in [0.15, 0.2) is 0 Å². The highest BCUT2D eigenvalue weighted by atomic mass is 16.5. The molecule has 1 fully saturated rings. The SMILES string of the molecule is COCC1(C(=O)NCc2cccnc2Oc2ccc(C)nc2)CCC1. The van der Waals surface area contributed by atoms with Gasteiger partial charge in [-0.1, -0.05) is 12.5 Å². The van der Waals surface area contributed by atoms with Gasteiger partial charge in [0.1, 0.15) is 5.75 Å². The second kappa shape index (κ2) is 7.61. The van der Waals surface area contributed by atoms with Crippen LogP contribution in [0.5, 0.6) is 11.6 Å². The Balaban J connectivity index is 1.66. The lowest BCUT2D eigenvalue weighted by Gasteiger charge is -2.39. The molecule has 25 heavy (non-hydrogen) atoms. The molecule has 6 nitrogen and oxygen atoms in total. The normalized spacial score (nSPS) is 15.3. The first kappa shape index (κ1) is 17.4. The molecule has 2 aromatic heterocycles. The van der Waals surface area contributed by atoms with Crippen LogP contribution in [0.25, 0.3) is 0 Å². The summed E-state index contributed by atoms with van der Waals surface area (Å²) >= 11 is 0. The van der Waals surface area contributed by atoms with E-state index in [1.807, 2.05) is 31.2 Å². The molecule has 0 aromatic carbocycles. The van der Waals surface area contributed by atoms with Gasteiger partial charge < -0.3 is 14.8 Å². The number of aryl methyl sites for hydroxylation is 1. The number of nitrogens with zero attached hydrogens (tertiary/aromatic N) is 2. The largest absolute Gasteiger partial charge is 0.437 e. The van der Waals surface area contributed by atoms with E-state index in [4.69, 9.17) is 9.47 Å². The highest BCUT2D eigenvalue weighted by Crippen LogP contribution is 2.41. The molecule has 1 saturated carbocycles. The maximum absolute atomic E-state index is 12.6. The Labute approximate surface area is 147 Å². The summed E-state index contributed by atoms with van der Waals surface area (Å²) in [5, 5.41) is 3.01. The smallest absolute Gasteiger partial charge is 0.228 e. The van der Waals surface area contributed by atoms with Crippen LogP contribution in [-0.2, 0) is 16.1 Å². The molecule has 3 rings (SSSR count). The first-order valence-corrected chi connectivity index (χ1v) is 8.45. The Hall–Kier alpha value is -2.47. The number of hydrogen-bond acceptors (Lipinski definition) is 5. The third-order valence-corrected chi connectivity index (χ3v) is 4.60. The number of pyridine rings is 2. The van der Waals surface area contributed by atoms with Crippen LogP contribution in [0.2, 0.25) is 0 Å². The van der Waals surface area contributed by atoms with Gasteiger partial charge in [0.2, 0.25) is 11.8 Å². The average Bonchev–Trinajstić information content (AvgIpc) is 2.59. The summed E-state index contributed by atoms with van der Waals surface area (Å²) in [4.78, 5) is 21.1. The van der Waals surface area contributed by atoms with Crippen molar-refractivity contribution >= 4 is 5.91 Å². The maximum Gasteiger partial charge on any atom is 0.228 e. The monoisotopic (exact) mass is 341 g/mol. The van der Waals surface area contributed by atoms with Crippen LogP contribution in [0.3, 0.4) is 0 Å². The summed E-state index contributed by atoms with van der Waals surface area (Å²) in [7, 11) is 1.63. The maximum atomic E-state index is 12.6. The lowest BCUT2D eigenvalue weighted by atomic mass is 9.68. The van der Waals surface area contributed by atoms with Gasteiger partial charge >= 0.3 is 0 Å². The first-order chi connectivity index (χ1) is 12.1. The number of carbonyl (C=O) groups is 1. The minimum absolute atomic E-state index is 0.0346. The van der Waals surface area contributed by atoms with Gasteiger partial charge in [-0.3, -0.25) is 9.78 Å². The fraction of sp³-hybridized carbons (Fsp3) is 0.421. The Morgan fingerprint density at radius 2 is 2.12 bits per heavy atom. The Kier molecular flexibility index (Phi) is 5.28. The van der Waals surface area contributed by atoms with Gasteiger partial charge in [-0.25, -0.2) is 4.98 Å². The molecule has 132 valence electrons. The first-order valence-electron chi connectivity index (χ1n) is 8.45. The number of ether oxygens (including phenoxy) is 2. The fourth-order valence-corrected chi connectivity index (χ4v) is 2.96. The van der Waals surface area contributed by atoms with Crippen molar-refractivity contribution in [2.45, 2.75) is 32.7 Å². The van der Waals surface area contributed by atoms with E-state index in [1.54, 1.807) is 19.5 Å². The van der Waals surface area contributed by atoms with Crippen LogP contribution >= 0.6 is 0 Å². The number of rotatable bonds is 7. The number of amides is 1. The number of nitrogens with one attached hydrogen (secondary N) is 1. The molecule has 0 unspecified atom stereocenters. The van der Waals surface area contributed by atoms with E-state index in [9.17, 15) is 4.79 Å². The zero-order valence-corrected chi connectivity index (χ0v) is 14.6. The molecule has 2 heterocycles. The van der Waals surface area contributed by atoms with Crippen LogP contribution in [0.4, 0.5) is 0 Å². The van der Waals surface area contributed by atoms with Crippen molar-refractivity contribution in [2.75, 3.05) is 13.7 Å². The summed E-state index contributed by atoms with van der Waals surface area (Å²) in [5.74, 6) is 1.13. The average molecular weight is 341 g/mol. The molecule has 0 aliphatic heterocycles. The molecule has 1 aliphatic rings. The zero-order valence-electron chi connectivity index (χ0n) is 14.6. The highest BCUT2D eigenvalue weighted by Gasteiger charge is 2.44. The minimum atomic E-state index is -0.376. The lowest BCUT2D eigenvalue weighted by Crippen LogP contribution is -2.48. The van der Waals surface area contributed by atoms with E-state index in [2.05, 4.69) is 15.3 Å². The predicted molar refractivity (Wildman–Crippen MR) is 93.3 cm³/mol. The van der Waals surface area contributed by atoms with Crippen molar-refractivity contribution in [3.63, 3.8) is 0 Å². The van der Waals surface area contributed by atoms with Crippen molar-refractivity contribution in [1.82, 2.24) is 15.3 Å². The van der Waals surface area contributed by atoms with E-state index < -0.39 is 0 Å². The van der Waals surface area contributed by atoms with Crippen molar-refractivity contribution in [3.05, 3.63) is 47.9 Å². The number of methoxy groups -OCH3 is 1. The van der Waals surface area contributed by atoms with E-state index in [-0.39, 0.29) is 11.3 Å². The molecular weight excluding hydrogens is 318 g/mol. The third-order valence-electron chi connectivity index (χ3n) is 4.60. The second-order valence-electron chi connectivity index (χ2n) is 6.45. The Bertz CT molecular complexity index is 727. The number of aromatic nitrogens is 2. The van der Waals surface area contributed by atoms with Gasteiger partial charge in [-0.2, -0.15) is 0 Å². The minimum Gasteiger partial charge on any atom is -0.437 e. The fourth-order valence-electron chi connectivity index (χ4n) is 2.96. The molecule has 0 saturated heterocycles. The molecule has 1 amide bonds. The molecule has 0 atom stereocenters. The Morgan fingerprint density at radius 1 is 1.28 bits per heavy atom. The summed E-state index contributed by atoms with van der Waals surface area (Å²) in [6.45, 7) is 2.75. The standard InChI is InChI=1S/C19H23N3O3/c1-14-6-7-16(12-21-14)25-17-15(5-3-10-20-17)11-22-18(23)19(13-24-2)8-4-9-19/h3,5-7,10,12H,4,8-9,11,13H2,1-2H3,(H,22,23). The summed E-state index contributed by atoms with van der Waals surface area (Å²) in [5.41, 5.74) is 1.37. The molecule has 0 bridgehead atoms. The molecule has 1 aliphatic carbocycles. The van der Waals surface area contributed by atoms with Crippen LogP contribution < -0.4 is 10.1 Å². The molecule has 0 spiro atoms. The highest BCUT2D eigenvalue weighted by molar-refractivity contribution is 5.83. The van der Waals surface area contributed by atoms with E-state index in [1.165, 1.54) is 0 Å². The molecule has 6 heteroatoms. The summed E-state index contributed by atoms with van der Waals surface area (Å²) in [6, 6.07) is 7.45. The third kappa shape index (κ3) is 3.96. The zero-order chi connectivity index (χ0) is 17.7. The molecule has 1 N–H and O–H groups in total. The lowest BCUT2D eigenvalue weighted by molar-refractivity contribution is -0.140. The molecular formula is C19H23N3O3. The van der Waals surface area contributed by atoms with Crippen LogP contribution in [0.15, 0.2) is 36.7 Å².